The van der Waals surface area contributed by atoms with Gasteiger partial charge in [-0.15, -0.1) is 0 Å². The average molecular weight is 250 g/mol. The van der Waals surface area contributed by atoms with E-state index in [0.29, 0.717) is 5.92 Å². The summed E-state index contributed by atoms with van der Waals surface area (Å²) in [5, 5.41) is 3.45. The highest BCUT2D eigenvalue weighted by atomic mass is 16.5. The van der Waals surface area contributed by atoms with Crippen LogP contribution in [0.5, 0.6) is 11.5 Å². The Kier molecular flexibility index (Phi) is 4.31. The van der Waals surface area contributed by atoms with Gasteiger partial charge in [-0.2, -0.15) is 0 Å². The van der Waals surface area contributed by atoms with Crippen molar-refractivity contribution in [1.82, 2.24) is 5.32 Å². The Morgan fingerprint density at radius 3 is 2.72 bits per heavy atom. The van der Waals surface area contributed by atoms with Gasteiger partial charge in [0.05, 0.1) is 14.2 Å². The highest BCUT2D eigenvalue weighted by molar-refractivity contribution is 5.56. The van der Waals surface area contributed by atoms with E-state index in [9.17, 15) is 0 Å². The molecule has 0 amide bonds. The first-order valence-corrected chi connectivity index (χ1v) is 6.42. The van der Waals surface area contributed by atoms with Crippen LogP contribution >= 0.6 is 0 Å². The van der Waals surface area contributed by atoms with E-state index in [0.717, 1.165) is 37.7 Å². The van der Waals surface area contributed by atoms with Gasteiger partial charge in [-0.25, -0.2) is 0 Å². The molecular formula is C14H22N2O2. The van der Waals surface area contributed by atoms with Crippen molar-refractivity contribution >= 4 is 5.69 Å². The van der Waals surface area contributed by atoms with Crippen molar-refractivity contribution in [2.45, 2.75) is 6.92 Å². The standard InChI is InChI=1S/C14H22N2O2/c1-11-9-15-6-7-16(10-11)12-4-5-13(17-2)14(8-12)18-3/h4-5,8,11,15H,6-7,9-10H2,1-3H3. The van der Waals surface area contributed by atoms with Gasteiger partial charge >= 0.3 is 0 Å². The topological polar surface area (TPSA) is 33.7 Å². The third-order valence-corrected chi connectivity index (χ3v) is 3.32. The molecule has 100 valence electrons. The summed E-state index contributed by atoms with van der Waals surface area (Å²) in [5.41, 5.74) is 1.20. The number of rotatable bonds is 3. The van der Waals surface area contributed by atoms with Gasteiger partial charge in [0.2, 0.25) is 0 Å². The Balaban J connectivity index is 2.21. The lowest BCUT2D eigenvalue weighted by molar-refractivity contribution is 0.355. The predicted molar refractivity (Wildman–Crippen MR) is 73.8 cm³/mol. The van der Waals surface area contributed by atoms with Gasteiger partial charge in [0.25, 0.3) is 0 Å². The van der Waals surface area contributed by atoms with E-state index in [1.54, 1.807) is 14.2 Å². The van der Waals surface area contributed by atoms with Crippen molar-refractivity contribution in [1.29, 1.82) is 0 Å². The van der Waals surface area contributed by atoms with Crippen LogP contribution in [-0.2, 0) is 0 Å². The van der Waals surface area contributed by atoms with Crippen molar-refractivity contribution < 1.29 is 9.47 Å². The maximum absolute atomic E-state index is 5.36. The lowest BCUT2D eigenvalue weighted by Gasteiger charge is -2.25. The van der Waals surface area contributed by atoms with E-state index in [2.05, 4.69) is 29.3 Å². The lowest BCUT2D eigenvalue weighted by atomic mass is 10.1. The molecule has 4 heteroatoms. The first kappa shape index (κ1) is 13.0. The van der Waals surface area contributed by atoms with E-state index < -0.39 is 0 Å². The fourth-order valence-electron chi connectivity index (χ4n) is 2.35. The fourth-order valence-corrected chi connectivity index (χ4v) is 2.35. The maximum atomic E-state index is 5.36. The quantitative estimate of drug-likeness (QED) is 0.886. The monoisotopic (exact) mass is 250 g/mol. The molecule has 1 aromatic carbocycles. The summed E-state index contributed by atoms with van der Waals surface area (Å²) in [5.74, 6) is 2.22. The SMILES string of the molecule is COc1ccc(N2CCNCC(C)C2)cc1OC. The Morgan fingerprint density at radius 1 is 1.22 bits per heavy atom. The third-order valence-electron chi connectivity index (χ3n) is 3.32. The molecule has 1 aromatic rings. The molecule has 0 aliphatic carbocycles. The van der Waals surface area contributed by atoms with E-state index in [1.165, 1.54) is 5.69 Å². The Morgan fingerprint density at radius 2 is 2.00 bits per heavy atom. The summed E-state index contributed by atoms with van der Waals surface area (Å²) in [7, 11) is 3.34. The van der Waals surface area contributed by atoms with Gasteiger partial charge in [-0.1, -0.05) is 6.92 Å². The second-order valence-electron chi connectivity index (χ2n) is 4.79. The lowest BCUT2D eigenvalue weighted by Crippen LogP contribution is -2.29. The van der Waals surface area contributed by atoms with Crippen LogP contribution in [-0.4, -0.2) is 40.4 Å². The van der Waals surface area contributed by atoms with Crippen LogP contribution in [0.3, 0.4) is 0 Å². The molecule has 1 fully saturated rings. The van der Waals surface area contributed by atoms with Crippen LogP contribution in [0, 0.1) is 5.92 Å². The molecule has 2 rings (SSSR count). The van der Waals surface area contributed by atoms with Crippen LogP contribution in [0.2, 0.25) is 0 Å². The fraction of sp³-hybridized carbons (Fsp3) is 0.571. The van der Waals surface area contributed by atoms with Crippen LogP contribution in [0.1, 0.15) is 6.92 Å². The smallest absolute Gasteiger partial charge is 0.162 e. The Bertz CT molecular complexity index is 395. The Hall–Kier alpha value is -1.42. The molecule has 4 nitrogen and oxygen atoms in total. The van der Waals surface area contributed by atoms with Crippen molar-refractivity contribution in [2.75, 3.05) is 45.3 Å². The second-order valence-corrected chi connectivity index (χ2v) is 4.79. The minimum absolute atomic E-state index is 0.653. The van der Waals surface area contributed by atoms with E-state index >= 15 is 0 Å². The normalized spacial score (nSPS) is 20.4. The molecule has 1 N–H and O–H groups in total. The van der Waals surface area contributed by atoms with Crippen molar-refractivity contribution in [2.24, 2.45) is 5.92 Å². The third kappa shape index (κ3) is 2.88. The highest BCUT2D eigenvalue weighted by Gasteiger charge is 2.16. The van der Waals surface area contributed by atoms with E-state index in [-0.39, 0.29) is 0 Å². The Labute approximate surface area is 109 Å². The molecule has 0 saturated carbocycles. The van der Waals surface area contributed by atoms with Gasteiger partial charge in [-0.05, 0) is 24.6 Å². The zero-order chi connectivity index (χ0) is 13.0. The number of anilines is 1. The molecule has 18 heavy (non-hydrogen) atoms. The number of ether oxygens (including phenoxy) is 2. The van der Waals surface area contributed by atoms with Gasteiger partial charge < -0.3 is 19.7 Å². The molecule has 1 atom stereocenters. The number of benzene rings is 1. The van der Waals surface area contributed by atoms with Gasteiger partial charge in [0, 0.05) is 31.4 Å². The molecular weight excluding hydrogens is 228 g/mol. The molecule has 0 radical (unpaired) electrons. The van der Waals surface area contributed by atoms with Crippen LogP contribution in [0.25, 0.3) is 0 Å². The summed E-state index contributed by atoms with van der Waals surface area (Å²) >= 11 is 0. The molecule has 1 aliphatic rings. The summed E-state index contributed by atoms with van der Waals surface area (Å²) < 4.78 is 10.6. The number of hydrogen-bond acceptors (Lipinski definition) is 4. The molecule has 1 heterocycles. The zero-order valence-corrected chi connectivity index (χ0v) is 11.4. The van der Waals surface area contributed by atoms with E-state index in [1.807, 2.05) is 6.07 Å². The summed E-state index contributed by atoms with van der Waals surface area (Å²) in [6.45, 7) is 6.48. The van der Waals surface area contributed by atoms with Crippen LogP contribution < -0.4 is 19.7 Å². The number of nitrogens with one attached hydrogen (secondary N) is 1. The minimum Gasteiger partial charge on any atom is -0.493 e. The van der Waals surface area contributed by atoms with Gasteiger partial charge in [0.1, 0.15) is 0 Å². The number of nitrogens with zero attached hydrogens (tertiary/aromatic N) is 1. The van der Waals surface area contributed by atoms with Crippen molar-refractivity contribution in [3.8, 4) is 11.5 Å². The van der Waals surface area contributed by atoms with Gasteiger partial charge in [0.15, 0.2) is 11.5 Å². The minimum atomic E-state index is 0.653. The number of hydrogen-bond donors (Lipinski definition) is 1. The highest BCUT2D eigenvalue weighted by Crippen LogP contribution is 2.31. The second kappa shape index (κ2) is 5.96. The first-order valence-electron chi connectivity index (χ1n) is 6.42. The molecule has 0 aromatic heterocycles. The van der Waals surface area contributed by atoms with E-state index in [4.69, 9.17) is 9.47 Å². The molecule has 1 saturated heterocycles. The number of methoxy groups -OCH3 is 2. The molecule has 0 spiro atoms. The van der Waals surface area contributed by atoms with Crippen molar-refractivity contribution in [3.05, 3.63) is 18.2 Å². The summed E-state index contributed by atoms with van der Waals surface area (Å²) in [4.78, 5) is 2.40. The average Bonchev–Trinajstić information content (AvgIpc) is 2.62. The maximum Gasteiger partial charge on any atom is 0.162 e. The molecule has 1 aliphatic heterocycles. The summed E-state index contributed by atoms with van der Waals surface area (Å²) in [6, 6.07) is 6.12. The molecule has 1 unspecified atom stereocenters. The van der Waals surface area contributed by atoms with Crippen LogP contribution in [0.4, 0.5) is 5.69 Å². The van der Waals surface area contributed by atoms with Crippen molar-refractivity contribution in [3.63, 3.8) is 0 Å². The predicted octanol–water partition coefficient (Wildman–Crippen LogP) is 1.75. The zero-order valence-electron chi connectivity index (χ0n) is 11.4. The van der Waals surface area contributed by atoms with Crippen LogP contribution in [0.15, 0.2) is 18.2 Å². The first-order chi connectivity index (χ1) is 8.74. The van der Waals surface area contributed by atoms with Gasteiger partial charge in [-0.3, -0.25) is 0 Å². The molecule has 0 bridgehead atoms. The largest absolute Gasteiger partial charge is 0.493 e. The summed E-state index contributed by atoms with van der Waals surface area (Å²) in [6.07, 6.45) is 0.